The lowest BCUT2D eigenvalue weighted by Gasteiger charge is -2.23. The maximum absolute atomic E-state index is 10.1. The van der Waals surface area contributed by atoms with Crippen LogP contribution in [0.15, 0.2) is 72.8 Å². The SMILES string of the molecule is Oc1ccccc1CNCCN(Cc1ccccc1O)Cc1ccccc1O. The van der Waals surface area contributed by atoms with E-state index in [-0.39, 0.29) is 17.2 Å². The summed E-state index contributed by atoms with van der Waals surface area (Å²) in [5, 5.41) is 33.4. The molecule has 0 bridgehead atoms. The van der Waals surface area contributed by atoms with Crippen LogP contribution >= 0.6 is 0 Å². The van der Waals surface area contributed by atoms with Gasteiger partial charge in [0.15, 0.2) is 0 Å². The number of nitrogens with one attached hydrogen (secondary N) is 1. The van der Waals surface area contributed by atoms with Crippen LogP contribution in [0.1, 0.15) is 16.7 Å². The Balaban J connectivity index is 1.63. The summed E-state index contributed by atoms with van der Waals surface area (Å²) in [6.07, 6.45) is 0. The molecule has 3 aromatic rings. The molecule has 0 aliphatic rings. The lowest BCUT2D eigenvalue weighted by molar-refractivity contribution is 0.249. The van der Waals surface area contributed by atoms with Crippen LogP contribution in [0.2, 0.25) is 0 Å². The highest BCUT2D eigenvalue weighted by atomic mass is 16.3. The maximum atomic E-state index is 10.1. The summed E-state index contributed by atoms with van der Waals surface area (Å²) in [6.45, 7) is 3.14. The van der Waals surface area contributed by atoms with Gasteiger partial charge in [0.2, 0.25) is 0 Å². The van der Waals surface area contributed by atoms with Gasteiger partial charge in [-0.3, -0.25) is 4.90 Å². The van der Waals surface area contributed by atoms with Crippen LogP contribution in [-0.4, -0.2) is 33.3 Å². The maximum Gasteiger partial charge on any atom is 0.120 e. The van der Waals surface area contributed by atoms with E-state index in [9.17, 15) is 15.3 Å². The molecule has 28 heavy (non-hydrogen) atoms. The van der Waals surface area contributed by atoms with Gasteiger partial charge >= 0.3 is 0 Å². The third-order valence-electron chi connectivity index (χ3n) is 4.68. The van der Waals surface area contributed by atoms with Crippen molar-refractivity contribution < 1.29 is 15.3 Å². The van der Waals surface area contributed by atoms with E-state index in [4.69, 9.17) is 0 Å². The average Bonchev–Trinajstić information content (AvgIpc) is 2.70. The predicted octanol–water partition coefficient (Wildman–Crippen LogP) is 3.60. The molecule has 0 heterocycles. The molecule has 0 fully saturated rings. The van der Waals surface area contributed by atoms with Crippen molar-refractivity contribution >= 4 is 0 Å². The van der Waals surface area contributed by atoms with Crippen molar-refractivity contribution in [3.63, 3.8) is 0 Å². The highest BCUT2D eigenvalue weighted by Crippen LogP contribution is 2.22. The van der Waals surface area contributed by atoms with Crippen LogP contribution in [0.3, 0.4) is 0 Å². The van der Waals surface area contributed by atoms with Crippen molar-refractivity contribution in [3.05, 3.63) is 89.5 Å². The predicted molar refractivity (Wildman–Crippen MR) is 110 cm³/mol. The molecular weight excluding hydrogens is 352 g/mol. The van der Waals surface area contributed by atoms with Gasteiger partial charge in [0.1, 0.15) is 17.2 Å². The number of para-hydroxylation sites is 3. The molecule has 0 radical (unpaired) electrons. The number of benzene rings is 3. The van der Waals surface area contributed by atoms with Crippen LogP contribution in [0, 0.1) is 0 Å². The summed E-state index contributed by atoms with van der Waals surface area (Å²) in [5.41, 5.74) is 2.55. The van der Waals surface area contributed by atoms with Crippen molar-refractivity contribution in [1.29, 1.82) is 0 Å². The van der Waals surface area contributed by atoms with E-state index in [1.54, 1.807) is 36.4 Å². The van der Waals surface area contributed by atoms with Crippen LogP contribution in [0.5, 0.6) is 17.2 Å². The van der Waals surface area contributed by atoms with E-state index < -0.39 is 0 Å². The average molecular weight is 378 g/mol. The van der Waals surface area contributed by atoms with Crippen molar-refractivity contribution in [2.45, 2.75) is 19.6 Å². The summed E-state index contributed by atoms with van der Waals surface area (Å²) in [4.78, 5) is 2.17. The Hall–Kier alpha value is -3.02. The zero-order valence-electron chi connectivity index (χ0n) is 15.8. The fraction of sp³-hybridized carbons (Fsp3) is 0.217. The Labute approximate surface area is 165 Å². The standard InChI is InChI=1S/C23H26N2O3/c26-21-10-4-1-7-18(21)15-24-13-14-25(16-19-8-2-5-11-22(19)27)17-20-9-3-6-12-23(20)28/h1-12,24,26-28H,13-17H2. The minimum atomic E-state index is 0.270. The highest BCUT2D eigenvalue weighted by molar-refractivity contribution is 5.34. The van der Waals surface area contributed by atoms with E-state index >= 15 is 0 Å². The second kappa shape index (κ2) is 9.78. The number of rotatable bonds is 9. The fourth-order valence-corrected chi connectivity index (χ4v) is 3.11. The van der Waals surface area contributed by atoms with Gasteiger partial charge in [0.05, 0.1) is 0 Å². The van der Waals surface area contributed by atoms with Gasteiger partial charge in [-0.15, -0.1) is 0 Å². The smallest absolute Gasteiger partial charge is 0.120 e. The summed E-state index contributed by atoms with van der Waals surface area (Å²) < 4.78 is 0. The normalized spacial score (nSPS) is 11.0. The van der Waals surface area contributed by atoms with Gasteiger partial charge in [-0.05, 0) is 18.2 Å². The molecule has 4 N–H and O–H groups in total. The second-order valence-corrected chi connectivity index (χ2v) is 6.77. The van der Waals surface area contributed by atoms with E-state index in [2.05, 4.69) is 10.2 Å². The Kier molecular flexibility index (Phi) is 6.89. The first-order valence-corrected chi connectivity index (χ1v) is 9.37. The fourth-order valence-electron chi connectivity index (χ4n) is 3.11. The van der Waals surface area contributed by atoms with Gasteiger partial charge in [-0.25, -0.2) is 0 Å². The number of phenols is 3. The quantitative estimate of drug-likeness (QED) is 0.428. The van der Waals surface area contributed by atoms with Crippen LogP contribution < -0.4 is 5.32 Å². The molecule has 5 nitrogen and oxygen atoms in total. The Bertz CT molecular complexity index is 851. The van der Waals surface area contributed by atoms with E-state index in [0.717, 1.165) is 23.2 Å². The summed E-state index contributed by atoms with van der Waals surface area (Å²) in [6, 6.07) is 21.9. The molecule has 0 atom stereocenters. The highest BCUT2D eigenvalue weighted by Gasteiger charge is 2.12. The Morgan fingerprint density at radius 2 is 1.04 bits per heavy atom. The Morgan fingerprint density at radius 1 is 0.607 bits per heavy atom. The Morgan fingerprint density at radius 3 is 1.50 bits per heavy atom. The molecule has 3 rings (SSSR count). The number of nitrogens with zero attached hydrogens (tertiary/aromatic N) is 1. The third kappa shape index (κ3) is 5.49. The molecule has 0 aliphatic carbocycles. The zero-order chi connectivity index (χ0) is 19.8. The van der Waals surface area contributed by atoms with Crippen LogP contribution in [0.25, 0.3) is 0 Å². The molecule has 3 aromatic carbocycles. The van der Waals surface area contributed by atoms with Crippen molar-refractivity contribution in [1.82, 2.24) is 10.2 Å². The van der Waals surface area contributed by atoms with Gasteiger partial charge < -0.3 is 20.6 Å². The van der Waals surface area contributed by atoms with Gasteiger partial charge in [0, 0.05) is 49.4 Å². The van der Waals surface area contributed by atoms with Crippen molar-refractivity contribution in [2.75, 3.05) is 13.1 Å². The van der Waals surface area contributed by atoms with Gasteiger partial charge in [-0.1, -0.05) is 54.6 Å². The molecule has 146 valence electrons. The van der Waals surface area contributed by atoms with Crippen molar-refractivity contribution in [2.24, 2.45) is 0 Å². The minimum Gasteiger partial charge on any atom is -0.508 e. The largest absolute Gasteiger partial charge is 0.508 e. The zero-order valence-corrected chi connectivity index (χ0v) is 15.8. The third-order valence-corrected chi connectivity index (χ3v) is 4.68. The molecule has 0 spiro atoms. The van der Waals surface area contributed by atoms with E-state index in [0.29, 0.717) is 26.2 Å². The molecular formula is C23H26N2O3. The molecule has 0 saturated carbocycles. The number of hydrogen-bond donors (Lipinski definition) is 4. The first-order chi connectivity index (χ1) is 13.6. The number of aromatic hydroxyl groups is 3. The summed E-state index contributed by atoms with van der Waals surface area (Å²) in [5.74, 6) is 0.828. The second-order valence-electron chi connectivity index (χ2n) is 6.77. The minimum absolute atomic E-state index is 0.270. The lowest BCUT2D eigenvalue weighted by Crippen LogP contribution is -2.31. The van der Waals surface area contributed by atoms with Gasteiger partial charge in [-0.2, -0.15) is 0 Å². The monoisotopic (exact) mass is 378 g/mol. The topological polar surface area (TPSA) is 76.0 Å². The first kappa shape index (κ1) is 19.7. The van der Waals surface area contributed by atoms with E-state index in [1.165, 1.54) is 0 Å². The first-order valence-electron chi connectivity index (χ1n) is 9.37. The van der Waals surface area contributed by atoms with Gasteiger partial charge in [0.25, 0.3) is 0 Å². The van der Waals surface area contributed by atoms with Crippen LogP contribution in [0.4, 0.5) is 0 Å². The van der Waals surface area contributed by atoms with E-state index in [1.807, 2.05) is 36.4 Å². The number of hydrogen-bond acceptors (Lipinski definition) is 5. The molecule has 0 aliphatic heterocycles. The summed E-state index contributed by atoms with van der Waals surface area (Å²) in [7, 11) is 0. The number of phenolic OH excluding ortho intramolecular Hbond substituents is 3. The molecule has 0 amide bonds. The molecule has 0 saturated heterocycles. The van der Waals surface area contributed by atoms with Crippen LogP contribution in [-0.2, 0) is 19.6 Å². The van der Waals surface area contributed by atoms with Crippen molar-refractivity contribution in [3.8, 4) is 17.2 Å². The molecule has 5 heteroatoms. The lowest BCUT2D eigenvalue weighted by atomic mass is 10.1. The summed E-state index contributed by atoms with van der Waals surface area (Å²) >= 11 is 0. The molecule has 0 aromatic heterocycles. The molecule has 0 unspecified atom stereocenters.